The topological polar surface area (TPSA) is 118 Å². The summed E-state index contributed by atoms with van der Waals surface area (Å²) in [4.78, 5) is 27.3. The van der Waals surface area contributed by atoms with E-state index in [-0.39, 0.29) is 24.6 Å². The van der Waals surface area contributed by atoms with Crippen molar-refractivity contribution in [3.05, 3.63) is 6.92 Å². The summed E-state index contributed by atoms with van der Waals surface area (Å²) in [6.07, 6.45) is 0. The number of hydrogen-bond acceptors (Lipinski definition) is 7. The summed E-state index contributed by atoms with van der Waals surface area (Å²) in [5.41, 5.74) is 0. The summed E-state index contributed by atoms with van der Waals surface area (Å²) in [6.45, 7) is 6.51. The van der Waals surface area contributed by atoms with Crippen LogP contribution in [0, 0.1) is 6.92 Å². The van der Waals surface area contributed by atoms with Crippen LogP contribution >= 0.6 is 0 Å². The van der Waals surface area contributed by atoms with Crippen LogP contribution in [0.5, 0.6) is 0 Å². The molecule has 1 heterocycles. The highest BCUT2D eigenvalue weighted by atomic mass is 32.2. The Balaban J connectivity index is 2.71. The average molecular weight is 364 g/mol. The summed E-state index contributed by atoms with van der Waals surface area (Å²) in [5, 5.41) is 17.9. The monoisotopic (exact) mass is 364 g/mol. The smallest absolute Gasteiger partial charge is 0.317 e. The normalized spacial score (nSPS) is 19.4. The Labute approximate surface area is 142 Å². The fourth-order valence-electron chi connectivity index (χ4n) is 2.48. The van der Waals surface area contributed by atoms with Crippen molar-refractivity contribution in [1.29, 1.82) is 0 Å². The van der Waals surface area contributed by atoms with Crippen LogP contribution in [0.2, 0.25) is 0 Å². The predicted molar refractivity (Wildman–Crippen MR) is 88.6 cm³/mol. The molecule has 0 spiro atoms. The lowest BCUT2D eigenvalue weighted by atomic mass is 10.4. The molecule has 9 nitrogen and oxygen atoms in total. The molecule has 0 unspecified atom stereocenters. The number of hydrogen-bond donors (Lipinski definition) is 2. The molecule has 1 saturated heterocycles. The molecule has 0 aromatic carbocycles. The molecule has 139 valence electrons. The number of carbonyl (C=O) groups is 2. The minimum absolute atomic E-state index is 0.00559. The van der Waals surface area contributed by atoms with Gasteiger partial charge in [0.1, 0.15) is 0 Å². The largest absolute Gasteiger partial charge is 0.480 e. The van der Waals surface area contributed by atoms with Crippen LogP contribution in [0.1, 0.15) is 0 Å². The van der Waals surface area contributed by atoms with Gasteiger partial charge in [-0.3, -0.25) is 24.3 Å². The highest BCUT2D eigenvalue weighted by Crippen LogP contribution is 2.02. The Morgan fingerprint density at radius 3 is 1.54 bits per heavy atom. The number of rotatable bonds is 8. The quantitative estimate of drug-likeness (QED) is 0.521. The van der Waals surface area contributed by atoms with E-state index in [2.05, 4.69) is 6.92 Å². The van der Waals surface area contributed by atoms with Crippen LogP contribution in [0.15, 0.2) is 0 Å². The van der Waals surface area contributed by atoms with Crippen LogP contribution in [0.4, 0.5) is 0 Å². The van der Waals surface area contributed by atoms with Gasteiger partial charge in [-0.2, -0.15) is 0 Å². The van der Waals surface area contributed by atoms with Gasteiger partial charge in [-0.15, -0.1) is 0 Å². The molecule has 24 heavy (non-hydrogen) atoms. The standard InChI is InChI=1S/C14H26N3O6S/c1-2-24(22,23)10-9-15-3-5-16(11-13(18)19)7-8-17(6-4-15)12-14(20)21/h1-12H2,(H,18,19)(H,20,21). The summed E-state index contributed by atoms with van der Waals surface area (Å²) >= 11 is 0. The molecule has 1 aliphatic heterocycles. The van der Waals surface area contributed by atoms with Crippen LogP contribution in [-0.2, 0) is 19.4 Å². The molecule has 2 N–H and O–H groups in total. The molecule has 0 saturated carbocycles. The molecule has 1 rings (SSSR count). The number of sulfone groups is 1. The third-order valence-electron chi connectivity index (χ3n) is 3.94. The minimum Gasteiger partial charge on any atom is -0.480 e. The highest BCUT2D eigenvalue weighted by molar-refractivity contribution is 7.91. The summed E-state index contributed by atoms with van der Waals surface area (Å²) in [6, 6.07) is 0. The summed E-state index contributed by atoms with van der Waals surface area (Å²) in [7, 11) is -3.18. The maximum Gasteiger partial charge on any atom is 0.317 e. The number of nitrogens with zero attached hydrogens (tertiary/aromatic N) is 3. The predicted octanol–water partition coefficient (Wildman–Crippen LogP) is -1.68. The van der Waals surface area contributed by atoms with Gasteiger partial charge in [0.25, 0.3) is 0 Å². The molecule has 0 aliphatic carbocycles. The van der Waals surface area contributed by atoms with Crippen molar-refractivity contribution in [2.24, 2.45) is 0 Å². The third kappa shape index (κ3) is 8.57. The van der Waals surface area contributed by atoms with Gasteiger partial charge in [0.2, 0.25) is 0 Å². The van der Waals surface area contributed by atoms with Crippen LogP contribution in [-0.4, -0.2) is 116 Å². The van der Waals surface area contributed by atoms with Crippen LogP contribution in [0.25, 0.3) is 0 Å². The van der Waals surface area contributed by atoms with E-state index in [4.69, 9.17) is 10.2 Å². The van der Waals surface area contributed by atoms with Gasteiger partial charge >= 0.3 is 11.9 Å². The van der Waals surface area contributed by atoms with E-state index in [1.54, 1.807) is 9.80 Å². The van der Waals surface area contributed by atoms with Gasteiger partial charge in [0, 0.05) is 45.8 Å². The van der Waals surface area contributed by atoms with Crippen molar-refractivity contribution in [2.75, 3.05) is 70.4 Å². The lowest BCUT2D eigenvalue weighted by molar-refractivity contribution is -0.140. The highest BCUT2D eigenvalue weighted by Gasteiger charge is 2.20. The minimum atomic E-state index is -3.18. The Morgan fingerprint density at radius 2 is 1.21 bits per heavy atom. The van der Waals surface area contributed by atoms with Crippen molar-refractivity contribution in [1.82, 2.24) is 14.7 Å². The Bertz CT molecular complexity index is 497. The van der Waals surface area contributed by atoms with Gasteiger partial charge in [-0.05, 0) is 6.92 Å². The molecular formula is C14H26N3O6S. The van der Waals surface area contributed by atoms with Crippen LogP contribution in [0.3, 0.4) is 0 Å². The van der Waals surface area contributed by atoms with Gasteiger partial charge in [-0.25, -0.2) is 8.42 Å². The Kier molecular flexibility index (Phi) is 8.60. The fraction of sp³-hybridized carbons (Fsp3) is 0.786. The zero-order valence-electron chi connectivity index (χ0n) is 13.8. The summed E-state index contributed by atoms with van der Waals surface area (Å²) in [5.74, 6) is -2.04. The van der Waals surface area contributed by atoms with E-state index in [0.29, 0.717) is 45.8 Å². The first-order chi connectivity index (χ1) is 11.2. The van der Waals surface area contributed by atoms with Gasteiger partial charge in [0.15, 0.2) is 9.84 Å². The number of carboxylic acids is 2. The molecule has 0 atom stereocenters. The first-order valence-corrected chi connectivity index (χ1v) is 9.64. The first-order valence-electron chi connectivity index (χ1n) is 7.82. The van der Waals surface area contributed by atoms with Crippen LogP contribution < -0.4 is 0 Å². The van der Waals surface area contributed by atoms with Crippen molar-refractivity contribution < 1.29 is 28.2 Å². The third-order valence-corrected chi connectivity index (χ3v) is 5.37. The number of aliphatic carboxylic acids is 2. The molecule has 0 amide bonds. The SMILES string of the molecule is [CH2]CS(=O)(=O)CCN1CCN(CC(=O)O)CCN(CC(=O)O)CC1. The second-order valence-electron chi connectivity index (χ2n) is 5.83. The van der Waals surface area contributed by atoms with Crippen molar-refractivity contribution in [3.63, 3.8) is 0 Å². The molecule has 0 aromatic heterocycles. The van der Waals surface area contributed by atoms with E-state index in [0.717, 1.165) is 0 Å². The maximum absolute atomic E-state index is 11.6. The van der Waals surface area contributed by atoms with E-state index < -0.39 is 21.8 Å². The molecule has 0 aromatic rings. The molecule has 1 aliphatic rings. The molecule has 10 heteroatoms. The summed E-state index contributed by atoms with van der Waals surface area (Å²) < 4.78 is 23.2. The van der Waals surface area contributed by atoms with Gasteiger partial charge in [0.05, 0.1) is 24.6 Å². The van der Waals surface area contributed by atoms with Crippen molar-refractivity contribution in [2.45, 2.75) is 0 Å². The van der Waals surface area contributed by atoms with Crippen molar-refractivity contribution >= 4 is 21.8 Å². The van der Waals surface area contributed by atoms with Crippen molar-refractivity contribution in [3.8, 4) is 0 Å². The zero-order valence-corrected chi connectivity index (χ0v) is 14.6. The molecule has 1 fully saturated rings. The second kappa shape index (κ2) is 9.92. The second-order valence-corrected chi connectivity index (χ2v) is 8.14. The molecule has 1 radical (unpaired) electrons. The fourth-order valence-corrected chi connectivity index (χ4v) is 3.22. The Hall–Kier alpha value is -1.23. The maximum atomic E-state index is 11.6. The van der Waals surface area contributed by atoms with E-state index in [1.807, 2.05) is 4.90 Å². The van der Waals surface area contributed by atoms with Gasteiger partial charge in [-0.1, -0.05) is 0 Å². The average Bonchev–Trinajstić information content (AvgIpc) is 2.57. The number of carboxylic acid groups (broad SMARTS) is 2. The lowest BCUT2D eigenvalue weighted by Gasteiger charge is -2.24. The lowest BCUT2D eigenvalue weighted by Crippen LogP contribution is -2.40. The van der Waals surface area contributed by atoms with E-state index in [1.165, 1.54) is 0 Å². The van der Waals surface area contributed by atoms with Gasteiger partial charge < -0.3 is 10.2 Å². The first kappa shape index (κ1) is 20.8. The Morgan fingerprint density at radius 1 is 0.833 bits per heavy atom. The molecule has 0 bridgehead atoms. The zero-order chi connectivity index (χ0) is 18.2. The van der Waals surface area contributed by atoms with E-state index in [9.17, 15) is 18.0 Å². The molecular weight excluding hydrogens is 338 g/mol. The van der Waals surface area contributed by atoms with E-state index >= 15 is 0 Å².